The summed E-state index contributed by atoms with van der Waals surface area (Å²) in [5, 5.41) is 7.54. The first kappa shape index (κ1) is 21.3. The van der Waals surface area contributed by atoms with Gasteiger partial charge in [-0.1, -0.05) is 28.1 Å². The SMILES string of the molecule is CCOc1ccc(-c2n[nH]c3c2C(c2cccc(OC)c2)N(c2ccc(Br)cc2)C3=O)cc1. The number of H-pyrrole nitrogens is 1. The zero-order valence-electron chi connectivity index (χ0n) is 18.2. The normalized spacial score (nSPS) is 14.9. The van der Waals surface area contributed by atoms with Gasteiger partial charge in [0.15, 0.2) is 0 Å². The van der Waals surface area contributed by atoms with E-state index in [1.165, 1.54) is 0 Å². The molecule has 0 radical (unpaired) electrons. The second-order valence-corrected chi connectivity index (χ2v) is 8.56. The summed E-state index contributed by atoms with van der Waals surface area (Å²) in [5.41, 5.74) is 4.74. The molecule has 0 spiro atoms. The lowest BCUT2D eigenvalue weighted by Crippen LogP contribution is -2.29. The third-order valence-corrected chi connectivity index (χ3v) is 6.25. The van der Waals surface area contributed by atoms with E-state index in [0.717, 1.165) is 44.0 Å². The van der Waals surface area contributed by atoms with Gasteiger partial charge in [-0.3, -0.25) is 14.8 Å². The summed E-state index contributed by atoms with van der Waals surface area (Å²) in [6.07, 6.45) is 0. The van der Waals surface area contributed by atoms with E-state index in [4.69, 9.17) is 9.47 Å². The topological polar surface area (TPSA) is 67.5 Å². The van der Waals surface area contributed by atoms with Crippen molar-refractivity contribution in [3.05, 3.63) is 94.1 Å². The van der Waals surface area contributed by atoms with Gasteiger partial charge >= 0.3 is 0 Å². The molecule has 1 amide bonds. The standard InChI is InChI=1S/C26H22BrN3O3/c1-3-33-20-13-7-16(8-14-20)23-22-24(29-28-23)26(31)30(19-11-9-18(27)10-12-19)25(22)17-5-4-6-21(15-17)32-2/h4-15,25H,3H2,1-2H3,(H,28,29). The monoisotopic (exact) mass is 503 g/mol. The van der Waals surface area contributed by atoms with E-state index in [0.29, 0.717) is 12.3 Å². The summed E-state index contributed by atoms with van der Waals surface area (Å²) in [6.45, 7) is 2.56. The molecule has 1 aliphatic rings. The summed E-state index contributed by atoms with van der Waals surface area (Å²) < 4.78 is 12.0. The Morgan fingerprint density at radius 3 is 2.48 bits per heavy atom. The molecular weight excluding hydrogens is 482 g/mol. The second-order valence-electron chi connectivity index (χ2n) is 7.65. The molecule has 0 fully saturated rings. The Morgan fingerprint density at radius 1 is 1.03 bits per heavy atom. The Labute approximate surface area is 200 Å². The summed E-state index contributed by atoms with van der Waals surface area (Å²) in [7, 11) is 1.64. The Balaban J connectivity index is 1.67. The first-order valence-electron chi connectivity index (χ1n) is 10.6. The number of aromatic nitrogens is 2. The number of amides is 1. The van der Waals surface area contributed by atoms with Crippen LogP contribution < -0.4 is 14.4 Å². The van der Waals surface area contributed by atoms with Gasteiger partial charge in [0, 0.05) is 21.3 Å². The van der Waals surface area contributed by atoms with Crippen LogP contribution >= 0.6 is 15.9 Å². The highest BCUT2D eigenvalue weighted by atomic mass is 79.9. The zero-order chi connectivity index (χ0) is 22.9. The minimum Gasteiger partial charge on any atom is -0.497 e. The number of aromatic amines is 1. The predicted octanol–water partition coefficient (Wildman–Crippen LogP) is 6.00. The number of rotatable bonds is 6. The molecule has 5 rings (SSSR count). The highest BCUT2D eigenvalue weighted by Crippen LogP contribution is 2.45. The van der Waals surface area contributed by atoms with Gasteiger partial charge in [0.2, 0.25) is 0 Å². The van der Waals surface area contributed by atoms with Crippen molar-refractivity contribution in [3.8, 4) is 22.8 Å². The molecule has 33 heavy (non-hydrogen) atoms. The lowest BCUT2D eigenvalue weighted by atomic mass is 9.95. The van der Waals surface area contributed by atoms with Crippen molar-refractivity contribution >= 4 is 27.5 Å². The van der Waals surface area contributed by atoms with Gasteiger partial charge in [-0.05, 0) is 73.2 Å². The van der Waals surface area contributed by atoms with Crippen molar-refractivity contribution in [1.29, 1.82) is 0 Å². The average Bonchev–Trinajstić information content (AvgIpc) is 3.39. The second kappa shape index (κ2) is 8.75. The number of halogens is 1. The van der Waals surface area contributed by atoms with Crippen molar-refractivity contribution < 1.29 is 14.3 Å². The Kier molecular flexibility index (Phi) is 5.64. The molecule has 166 valence electrons. The quantitative estimate of drug-likeness (QED) is 0.350. The van der Waals surface area contributed by atoms with Crippen LogP contribution in [0.2, 0.25) is 0 Å². The smallest absolute Gasteiger partial charge is 0.277 e. The van der Waals surface area contributed by atoms with E-state index in [2.05, 4.69) is 26.1 Å². The number of nitrogens with one attached hydrogen (secondary N) is 1. The molecule has 1 aromatic heterocycles. The molecule has 0 bridgehead atoms. The number of fused-ring (bicyclic) bond motifs is 1. The van der Waals surface area contributed by atoms with Crippen LogP contribution in [0.4, 0.5) is 5.69 Å². The van der Waals surface area contributed by atoms with Crippen LogP contribution in [-0.4, -0.2) is 29.8 Å². The fourth-order valence-electron chi connectivity index (χ4n) is 4.24. The maximum Gasteiger partial charge on any atom is 0.277 e. The summed E-state index contributed by atoms with van der Waals surface area (Å²) in [5.74, 6) is 1.41. The van der Waals surface area contributed by atoms with E-state index < -0.39 is 0 Å². The predicted molar refractivity (Wildman–Crippen MR) is 131 cm³/mol. The van der Waals surface area contributed by atoms with Gasteiger partial charge in [0.25, 0.3) is 5.91 Å². The van der Waals surface area contributed by atoms with Gasteiger partial charge in [0.1, 0.15) is 17.2 Å². The van der Waals surface area contributed by atoms with Crippen LogP contribution in [-0.2, 0) is 0 Å². The minimum absolute atomic E-state index is 0.121. The van der Waals surface area contributed by atoms with Crippen LogP contribution in [0, 0.1) is 0 Å². The molecule has 0 aliphatic carbocycles. The molecule has 1 aliphatic heterocycles. The maximum absolute atomic E-state index is 13.6. The van der Waals surface area contributed by atoms with Gasteiger partial charge in [0.05, 0.1) is 25.5 Å². The van der Waals surface area contributed by atoms with Crippen LogP contribution in [0.15, 0.2) is 77.3 Å². The Hall–Kier alpha value is -3.58. The van der Waals surface area contributed by atoms with E-state index in [1.807, 2.05) is 84.6 Å². The van der Waals surface area contributed by atoms with E-state index in [-0.39, 0.29) is 11.9 Å². The summed E-state index contributed by atoms with van der Waals surface area (Å²) in [4.78, 5) is 15.4. The van der Waals surface area contributed by atoms with Gasteiger partial charge < -0.3 is 9.47 Å². The molecular formula is C26H22BrN3O3. The average molecular weight is 504 g/mol. The third kappa shape index (κ3) is 3.78. The number of benzene rings is 3. The number of ether oxygens (including phenoxy) is 2. The molecule has 2 heterocycles. The minimum atomic E-state index is -0.357. The third-order valence-electron chi connectivity index (χ3n) is 5.72. The highest BCUT2D eigenvalue weighted by Gasteiger charge is 2.43. The first-order valence-corrected chi connectivity index (χ1v) is 11.4. The fourth-order valence-corrected chi connectivity index (χ4v) is 4.50. The Bertz CT molecular complexity index is 1300. The van der Waals surface area contributed by atoms with Crippen LogP contribution in [0.1, 0.15) is 34.6 Å². The first-order chi connectivity index (χ1) is 16.1. The number of hydrogen-bond acceptors (Lipinski definition) is 4. The van der Waals surface area contributed by atoms with Gasteiger partial charge in [-0.25, -0.2) is 0 Å². The molecule has 1 unspecified atom stereocenters. The van der Waals surface area contributed by atoms with Crippen molar-refractivity contribution in [2.75, 3.05) is 18.6 Å². The largest absolute Gasteiger partial charge is 0.497 e. The molecule has 3 aromatic carbocycles. The van der Waals surface area contributed by atoms with E-state index >= 15 is 0 Å². The van der Waals surface area contributed by atoms with E-state index in [9.17, 15) is 4.79 Å². The van der Waals surface area contributed by atoms with Gasteiger partial charge in [-0.2, -0.15) is 5.10 Å². The maximum atomic E-state index is 13.6. The lowest BCUT2D eigenvalue weighted by molar-refractivity contribution is 0.0988. The molecule has 7 heteroatoms. The zero-order valence-corrected chi connectivity index (χ0v) is 19.8. The van der Waals surface area contributed by atoms with Crippen LogP contribution in [0.5, 0.6) is 11.5 Å². The number of nitrogens with zero attached hydrogens (tertiary/aromatic N) is 2. The number of anilines is 1. The number of carbonyl (C=O) groups is 1. The van der Waals surface area contributed by atoms with Crippen molar-refractivity contribution in [2.45, 2.75) is 13.0 Å². The molecule has 4 aromatic rings. The van der Waals surface area contributed by atoms with Crippen LogP contribution in [0.3, 0.4) is 0 Å². The molecule has 1 atom stereocenters. The fraction of sp³-hybridized carbons (Fsp3) is 0.154. The molecule has 6 nitrogen and oxygen atoms in total. The summed E-state index contributed by atoms with van der Waals surface area (Å²) >= 11 is 3.48. The van der Waals surface area contributed by atoms with E-state index in [1.54, 1.807) is 7.11 Å². The number of methoxy groups -OCH3 is 1. The van der Waals surface area contributed by atoms with Crippen LogP contribution in [0.25, 0.3) is 11.3 Å². The molecule has 0 saturated carbocycles. The Morgan fingerprint density at radius 2 is 1.79 bits per heavy atom. The lowest BCUT2D eigenvalue weighted by Gasteiger charge is -2.27. The molecule has 0 saturated heterocycles. The summed E-state index contributed by atoms with van der Waals surface area (Å²) in [6, 6.07) is 23.0. The van der Waals surface area contributed by atoms with Crippen molar-refractivity contribution in [3.63, 3.8) is 0 Å². The number of carbonyl (C=O) groups excluding carboxylic acids is 1. The highest BCUT2D eigenvalue weighted by molar-refractivity contribution is 9.10. The molecule has 1 N–H and O–H groups in total. The van der Waals surface area contributed by atoms with Crippen molar-refractivity contribution in [1.82, 2.24) is 10.2 Å². The van der Waals surface area contributed by atoms with Gasteiger partial charge in [-0.15, -0.1) is 0 Å². The number of hydrogen-bond donors (Lipinski definition) is 1. The van der Waals surface area contributed by atoms with Crippen molar-refractivity contribution in [2.24, 2.45) is 0 Å².